The molecule has 0 bridgehead atoms. The Hall–Kier alpha value is -3.57. The van der Waals surface area contributed by atoms with Crippen LogP contribution in [0.1, 0.15) is 33.3 Å². The van der Waals surface area contributed by atoms with Gasteiger partial charge in [0.2, 0.25) is 0 Å². The van der Waals surface area contributed by atoms with E-state index in [1.165, 1.54) is 24.3 Å². The number of hydrazone groups is 1. The first-order chi connectivity index (χ1) is 16.3. The number of pyridine rings is 1. The molecule has 11 heteroatoms. The van der Waals surface area contributed by atoms with Crippen LogP contribution in [-0.2, 0) is 0 Å². The zero-order valence-electron chi connectivity index (χ0n) is 19.8. The lowest BCUT2D eigenvalue weighted by atomic mass is 10.0. The topological polar surface area (TPSA) is 131 Å². The minimum atomic E-state index is -1.17. The van der Waals surface area contributed by atoms with Gasteiger partial charge in [-0.25, -0.2) is 24.6 Å². The van der Waals surface area contributed by atoms with E-state index in [9.17, 15) is 8.78 Å². The highest BCUT2D eigenvalue weighted by atomic mass is 32.1. The minimum absolute atomic E-state index is 0.0303. The third kappa shape index (κ3) is 5.67. The number of aromatic nitrogens is 2. The summed E-state index contributed by atoms with van der Waals surface area (Å²) in [6, 6.07) is 6.30. The van der Waals surface area contributed by atoms with Crippen molar-refractivity contribution in [3.05, 3.63) is 59.8 Å². The second-order valence-corrected chi connectivity index (χ2v) is 7.90. The maximum absolute atomic E-state index is 14.5. The summed E-state index contributed by atoms with van der Waals surface area (Å²) in [6.45, 7) is 6.99. The molecule has 3 aromatic rings. The molecule has 0 spiro atoms. The summed E-state index contributed by atoms with van der Waals surface area (Å²) in [5.41, 5.74) is 8.62. The van der Waals surface area contributed by atoms with Crippen molar-refractivity contribution in [1.29, 1.82) is 0 Å². The lowest BCUT2D eigenvalue weighted by Crippen LogP contribution is -2.46. The number of hydrogen-bond acceptors (Lipinski definition) is 8. The minimum Gasteiger partial charge on any atom is -0.375 e. The van der Waals surface area contributed by atoms with E-state index in [-0.39, 0.29) is 5.84 Å². The van der Waals surface area contributed by atoms with E-state index in [0.29, 0.717) is 16.5 Å². The summed E-state index contributed by atoms with van der Waals surface area (Å²) < 4.78 is 29.4. The molecule has 182 valence electrons. The Kier molecular flexibility index (Phi) is 9.46. The third-order valence-electron chi connectivity index (χ3n) is 4.80. The fourth-order valence-electron chi connectivity index (χ4n) is 3.12. The highest BCUT2D eigenvalue weighted by molar-refractivity contribution is 7.22. The summed E-state index contributed by atoms with van der Waals surface area (Å²) in [4.78, 5) is 8.68. The standard InChI is InChI=1S/C21H24F2N8S.C2H6/c1-4-5-15(22)18(23)11(2)31(26)20(30-25)14-8-13(10-28-19(14)27-3)12-6-7-16-17(9-12)32-21(24)29-16;1-2/h4-11H,25-26H2,1-3H3,(H2,24,29)(H,27,28);1-2H3/b5-4-,18-15-,30-20-;. The number of nitrogens with zero attached hydrogens (tertiary/aromatic N) is 4. The molecule has 0 radical (unpaired) electrons. The normalized spacial score (nSPS) is 13.4. The molecule has 1 aromatic carbocycles. The number of halogens is 2. The zero-order valence-corrected chi connectivity index (χ0v) is 20.6. The molecular formula is C23H30F2N8S. The highest BCUT2D eigenvalue weighted by Gasteiger charge is 2.25. The van der Waals surface area contributed by atoms with Crippen LogP contribution in [0.25, 0.3) is 21.3 Å². The van der Waals surface area contributed by atoms with Gasteiger partial charge in [0.05, 0.1) is 21.8 Å². The van der Waals surface area contributed by atoms with E-state index in [2.05, 4.69) is 20.4 Å². The van der Waals surface area contributed by atoms with Crippen LogP contribution in [0, 0.1) is 0 Å². The van der Waals surface area contributed by atoms with Crippen LogP contribution >= 0.6 is 11.3 Å². The average molecular weight is 489 g/mol. The Balaban J connectivity index is 0.00000199. The molecule has 34 heavy (non-hydrogen) atoms. The van der Waals surface area contributed by atoms with Gasteiger partial charge >= 0.3 is 0 Å². The zero-order chi connectivity index (χ0) is 25.4. The first-order valence-electron chi connectivity index (χ1n) is 10.6. The van der Waals surface area contributed by atoms with E-state index in [1.54, 1.807) is 26.2 Å². The lowest BCUT2D eigenvalue weighted by Gasteiger charge is -2.27. The molecular weight excluding hydrogens is 458 g/mol. The van der Waals surface area contributed by atoms with E-state index >= 15 is 0 Å². The van der Waals surface area contributed by atoms with Gasteiger partial charge in [-0.3, -0.25) is 5.01 Å². The molecule has 0 aliphatic rings. The van der Waals surface area contributed by atoms with Crippen LogP contribution in [0.2, 0.25) is 0 Å². The number of hydrazine groups is 1. The molecule has 1 unspecified atom stereocenters. The number of rotatable bonds is 6. The second-order valence-electron chi connectivity index (χ2n) is 6.84. The predicted octanol–water partition coefficient (Wildman–Crippen LogP) is 4.92. The smallest absolute Gasteiger partial charge is 0.181 e. The Bertz CT molecular complexity index is 1220. The number of hydrogen-bond donors (Lipinski definition) is 4. The number of nitrogens with one attached hydrogen (secondary N) is 1. The average Bonchev–Trinajstić information content (AvgIpc) is 3.24. The van der Waals surface area contributed by atoms with E-state index in [1.807, 2.05) is 32.0 Å². The maximum Gasteiger partial charge on any atom is 0.181 e. The van der Waals surface area contributed by atoms with Crippen LogP contribution in [0.4, 0.5) is 19.7 Å². The van der Waals surface area contributed by atoms with Crippen molar-refractivity contribution in [2.45, 2.75) is 33.7 Å². The maximum atomic E-state index is 14.5. The number of thiazole rings is 1. The predicted molar refractivity (Wildman–Crippen MR) is 138 cm³/mol. The number of nitrogen functional groups attached to an aromatic ring is 1. The third-order valence-corrected chi connectivity index (χ3v) is 5.64. The molecule has 2 aromatic heterocycles. The molecule has 2 heterocycles. The first-order valence-corrected chi connectivity index (χ1v) is 11.5. The SMILES string of the molecule is C/C=C\C(F)=C(\F)C(C)N(N)/C(=N\N)c1cc(-c2ccc3nc(N)sc3c2)cnc1NC.CC. The van der Waals surface area contributed by atoms with Crippen molar-refractivity contribution in [2.75, 3.05) is 18.1 Å². The quantitative estimate of drug-likeness (QED) is 0.127. The molecule has 1 atom stereocenters. The van der Waals surface area contributed by atoms with Crippen LogP contribution in [0.15, 0.2) is 59.4 Å². The summed E-state index contributed by atoms with van der Waals surface area (Å²) in [5.74, 6) is 10.1. The van der Waals surface area contributed by atoms with Crippen molar-refractivity contribution in [3.63, 3.8) is 0 Å². The van der Waals surface area contributed by atoms with Gasteiger partial charge in [-0.1, -0.05) is 37.3 Å². The van der Waals surface area contributed by atoms with Gasteiger partial charge in [0.1, 0.15) is 5.82 Å². The molecule has 3 rings (SSSR count). The van der Waals surface area contributed by atoms with Crippen LogP contribution in [0.5, 0.6) is 0 Å². The van der Waals surface area contributed by atoms with Crippen LogP contribution in [0.3, 0.4) is 0 Å². The molecule has 0 amide bonds. The van der Waals surface area contributed by atoms with Gasteiger partial charge in [-0.05, 0) is 43.7 Å². The number of fused-ring (bicyclic) bond motifs is 1. The van der Waals surface area contributed by atoms with Crippen molar-refractivity contribution in [1.82, 2.24) is 15.0 Å². The Morgan fingerprint density at radius 3 is 2.56 bits per heavy atom. The lowest BCUT2D eigenvalue weighted by molar-refractivity contribution is 0.322. The van der Waals surface area contributed by atoms with Crippen molar-refractivity contribution in [3.8, 4) is 11.1 Å². The van der Waals surface area contributed by atoms with Gasteiger partial charge in [0.15, 0.2) is 22.6 Å². The van der Waals surface area contributed by atoms with Crippen LogP contribution in [-0.4, -0.2) is 33.9 Å². The Labute approximate surface area is 201 Å². The number of amidine groups is 1. The van der Waals surface area contributed by atoms with E-state index < -0.39 is 17.7 Å². The Morgan fingerprint density at radius 1 is 1.24 bits per heavy atom. The highest BCUT2D eigenvalue weighted by Crippen LogP contribution is 2.31. The number of anilines is 2. The molecule has 0 aliphatic carbocycles. The summed E-state index contributed by atoms with van der Waals surface area (Å²) in [5, 5.41) is 8.13. The van der Waals surface area contributed by atoms with Gasteiger partial charge < -0.3 is 16.9 Å². The Morgan fingerprint density at radius 2 is 1.94 bits per heavy atom. The van der Waals surface area contributed by atoms with Gasteiger partial charge in [-0.2, -0.15) is 5.10 Å². The number of nitrogens with two attached hydrogens (primary N) is 3. The summed E-state index contributed by atoms with van der Waals surface area (Å²) in [7, 11) is 1.67. The monoisotopic (exact) mass is 488 g/mol. The largest absolute Gasteiger partial charge is 0.375 e. The van der Waals surface area contributed by atoms with E-state index in [0.717, 1.165) is 32.4 Å². The fourth-order valence-corrected chi connectivity index (χ4v) is 3.89. The first kappa shape index (κ1) is 26.7. The molecule has 7 N–H and O–H groups in total. The molecule has 0 aliphatic heterocycles. The van der Waals surface area contributed by atoms with Crippen molar-refractivity contribution >= 4 is 38.3 Å². The van der Waals surface area contributed by atoms with Crippen molar-refractivity contribution < 1.29 is 8.78 Å². The van der Waals surface area contributed by atoms with Crippen molar-refractivity contribution in [2.24, 2.45) is 16.8 Å². The van der Waals surface area contributed by atoms with Gasteiger partial charge in [-0.15, -0.1) is 0 Å². The fraction of sp³-hybridized carbons (Fsp3) is 0.261. The van der Waals surface area contributed by atoms with Gasteiger partial charge in [0.25, 0.3) is 0 Å². The van der Waals surface area contributed by atoms with Crippen LogP contribution < -0.4 is 22.7 Å². The van der Waals surface area contributed by atoms with E-state index in [4.69, 9.17) is 17.4 Å². The second kappa shape index (κ2) is 12.1. The number of benzene rings is 1. The van der Waals surface area contributed by atoms with Gasteiger partial charge in [0, 0.05) is 18.8 Å². The molecule has 0 saturated heterocycles. The molecule has 0 fully saturated rings. The summed E-state index contributed by atoms with van der Waals surface area (Å²) >= 11 is 1.38. The molecule has 0 saturated carbocycles. The summed E-state index contributed by atoms with van der Waals surface area (Å²) in [6.07, 6.45) is 4.08. The number of allylic oxidation sites excluding steroid dienone is 3. The molecule has 8 nitrogen and oxygen atoms in total.